The van der Waals surface area contributed by atoms with Gasteiger partial charge in [-0.15, -0.1) is 0 Å². The average molecular weight is 369 g/mol. The van der Waals surface area contributed by atoms with Gasteiger partial charge in [0.15, 0.2) is 14.4 Å². The lowest BCUT2D eigenvalue weighted by molar-refractivity contribution is 0.00826. The molecule has 0 radical (unpaired) electrons. The molecular formula is C18H24O4S2. The molecule has 5 unspecified atom stereocenters. The molecule has 0 heterocycles. The quantitative estimate of drug-likeness (QED) is 0.867. The lowest BCUT2D eigenvalue weighted by atomic mass is 9.69. The van der Waals surface area contributed by atoms with Crippen LogP contribution in [0.3, 0.4) is 0 Å². The molecule has 2 aliphatic rings. The molecule has 2 saturated carbocycles. The standard InChI is InChI=1S/C18H24O4S2/c1-4-23(20)16(24(21,22)14-8-6-5-7-9-14)18-11-10-13(12-15(18)19)17(18,2)3/h4-9,13,15-16,19H,1,10-12H2,2-3H3. The van der Waals surface area contributed by atoms with E-state index in [1.165, 1.54) is 17.5 Å². The van der Waals surface area contributed by atoms with Crippen LogP contribution in [0.2, 0.25) is 0 Å². The van der Waals surface area contributed by atoms with E-state index in [1.807, 2.05) is 13.8 Å². The Balaban J connectivity index is 2.23. The molecule has 1 aromatic rings. The normalized spacial score (nSPS) is 34.0. The molecule has 2 fully saturated rings. The van der Waals surface area contributed by atoms with Gasteiger partial charge in [-0.1, -0.05) is 38.6 Å². The first-order valence-corrected chi connectivity index (χ1v) is 11.0. The topological polar surface area (TPSA) is 71.4 Å². The third kappa shape index (κ3) is 2.19. The average Bonchev–Trinajstić information content (AvgIpc) is 2.90. The van der Waals surface area contributed by atoms with E-state index in [4.69, 9.17) is 0 Å². The van der Waals surface area contributed by atoms with Crippen molar-refractivity contribution in [3.05, 3.63) is 42.3 Å². The van der Waals surface area contributed by atoms with E-state index < -0.39 is 42.2 Å². The summed E-state index contributed by atoms with van der Waals surface area (Å²) < 4.78 is 38.4. The summed E-state index contributed by atoms with van der Waals surface area (Å²) in [4.78, 5) is 0.151. The van der Waals surface area contributed by atoms with Crippen LogP contribution in [0.5, 0.6) is 0 Å². The van der Waals surface area contributed by atoms with E-state index >= 15 is 0 Å². The van der Waals surface area contributed by atoms with Gasteiger partial charge in [-0.2, -0.15) is 0 Å². The molecule has 5 atom stereocenters. The summed E-state index contributed by atoms with van der Waals surface area (Å²) in [5.41, 5.74) is -1.30. The second-order valence-electron chi connectivity index (χ2n) is 7.43. The van der Waals surface area contributed by atoms with Crippen LogP contribution in [-0.2, 0) is 20.6 Å². The van der Waals surface area contributed by atoms with Crippen LogP contribution < -0.4 is 0 Å². The highest BCUT2D eigenvalue weighted by atomic mass is 32.3. The minimum atomic E-state index is -3.88. The van der Waals surface area contributed by atoms with Gasteiger partial charge in [-0.3, -0.25) is 4.21 Å². The summed E-state index contributed by atoms with van der Waals surface area (Å²) in [6.45, 7) is 7.58. The Bertz CT molecular complexity index is 769. The number of hydrogen-bond donors (Lipinski definition) is 1. The van der Waals surface area contributed by atoms with E-state index in [1.54, 1.807) is 18.2 Å². The molecule has 4 nitrogen and oxygen atoms in total. The van der Waals surface area contributed by atoms with Crippen LogP contribution in [0.25, 0.3) is 0 Å². The van der Waals surface area contributed by atoms with Crippen LogP contribution in [-0.4, -0.2) is 28.4 Å². The van der Waals surface area contributed by atoms with Gasteiger partial charge in [0.25, 0.3) is 0 Å². The van der Waals surface area contributed by atoms with Crippen LogP contribution in [0, 0.1) is 16.7 Å². The first-order chi connectivity index (χ1) is 11.2. The number of hydrogen-bond acceptors (Lipinski definition) is 4. The van der Waals surface area contributed by atoms with Crippen molar-refractivity contribution < 1.29 is 17.7 Å². The molecule has 0 aliphatic heterocycles. The van der Waals surface area contributed by atoms with E-state index in [0.29, 0.717) is 12.8 Å². The molecule has 24 heavy (non-hydrogen) atoms. The van der Waals surface area contributed by atoms with Gasteiger partial charge in [0.2, 0.25) is 0 Å². The zero-order chi connectivity index (χ0) is 17.8. The molecule has 132 valence electrons. The van der Waals surface area contributed by atoms with Crippen LogP contribution in [0.15, 0.2) is 47.2 Å². The molecule has 1 N–H and O–H groups in total. The molecule has 0 aromatic heterocycles. The van der Waals surface area contributed by atoms with Crippen LogP contribution >= 0.6 is 0 Å². The summed E-state index contributed by atoms with van der Waals surface area (Å²) in [7, 11) is -5.66. The first kappa shape index (κ1) is 17.8. The van der Waals surface area contributed by atoms with Crippen molar-refractivity contribution >= 4 is 20.6 Å². The van der Waals surface area contributed by atoms with Crippen LogP contribution in [0.4, 0.5) is 0 Å². The molecule has 2 aliphatic carbocycles. The molecule has 1 aromatic carbocycles. The van der Waals surface area contributed by atoms with Crippen molar-refractivity contribution in [2.45, 2.75) is 48.7 Å². The number of fused-ring (bicyclic) bond motifs is 2. The maximum absolute atomic E-state index is 13.4. The molecule has 2 bridgehead atoms. The van der Waals surface area contributed by atoms with Gasteiger partial charge in [0.1, 0.15) is 0 Å². The van der Waals surface area contributed by atoms with Crippen molar-refractivity contribution in [1.29, 1.82) is 0 Å². The van der Waals surface area contributed by atoms with Gasteiger partial charge in [0.05, 0.1) is 21.8 Å². The first-order valence-electron chi connectivity index (χ1n) is 8.18. The SMILES string of the molecule is C=CS(=O)C(C12CCC(CC1O)C2(C)C)S(=O)(=O)c1ccccc1. The fourth-order valence-electron chi connectivity index (χ4n) is 4.97. The van der Waals surface area contributed by atoms with Crippen molar-refractivity contribution in [2.24, 2.45) is 16.7 Å². The minimum absolute atomic E-state index is 0.151. The summed E-state index contributed by atoms with van der Waals surface area (Å²) >= 11 is 0. The summed E-state index contributed by atoms with van der Waals surface area (Å²) in [6, 6.07) is 8.12. The predicted molar refractivity (Wildman–Crippen MR) is 95.3 cm³/mol. The second-order valence-corrected chi connectivity index (χ2v) is 11.2. The summed E-state index contributed by atoms with van der Waals surface area (Å²) in [5.74, 6) is 0.253. The van der Waals surface area contributed by atoms with E-state index in [2.05, 4.69) is 6.58 Å². The highest BCUT2D eigenvalue weighted by Gasteiger charge is 2.70. The van der Waals surface area contributed by atoms with Gasteiger partial charge < -0.3 is 5.11 Å². The molecule has 0 amide bonds. The molecular weight excluding hydrogens is 344 g/mol. The smallest absolute Gasteiger partial charge is 0.194 e. The van der Waals surface area contributed by atoms with Crippen LogP contribution in [0.1, 0.15) is 33.1 Å². The summed E-state index contributed by atoms with van der Waals surface area (Å²) in [6.07, 6.45) is 1.24. The van der Waals surface area contributed by atoms with E-state index in [-0.39, 0.29) is 10.8 Å². The largest absolute Gasteiger partial charge is 0.392 e. The molecule has 0 spiro atoms. The number of sulfone groups is 1. The number of rotatable bonds is 5. The highest BCUT2D eigenvalue weighted by molar-refractivity contribution is 8.07. The summed E-state index contributed by atoms with van der Waals surface area (Å²) in [5, 5.41) is 12.0. The highest BCUT2D eigenvalue weighted by Crippen LogP contribution is 2.68. The molecule has 3 rings (SSSR count). The Kier molecular flexibility index (Phi) is 4.30. The monoisotopic (exact) mass is 368 g/mol. The zero-order valence-corrected chi connectivity index (χ0v) is 15.6. The Morgan fingerprint density at radius 2 is 1.96 bits per heavy atom. The Hall–Kier alpha value is -0.980. The van der Waals surface area contributed by atoms with Crippen molar-refractivity contribution in [2.75, 3.05) is 0 Å². The van der Waals surface area contributed by atoms with Gasteiger partial charge >= 0.3 is 0 Å². The number of benzene rings is 1. The Morgan fingerprint density at radius 3 is 2.42 bits per heavy atom. The number of aliphatic hydroxyl groups excluding tert-OH is 1. The van der Waals surface area contributed by atoms with Gasteiger partial charge in [-0.25, -0.2) is 8.42 Å². The number of aliphatic hydroxyl groups is 1. The Morgan fingerprint density at radius 1 is 1.33 bits per heavy atom. The fraction of sp³-hybridized carbons (Fsp3) is 0.556. The zero-order valence-electron chi connectivity index (χ0n) is 14.0. The Labute approximate surface area is 146 Å². The lowest BCUT2D eigenvalue weighted by Crippen LogP contribution is -2.53. The van der Waals surface area contributed by atoms with Crippen molar-refractivity contribution in [1.82, 2.24) is 0 Å². The maximum Gasteiger partial charge on any atom is 0.194 e. The molecule has 0 saturated heterocycles. The lowest BCUT2D eigenvalue weighted by Gasteiger charge is -2.45. The van der Waals surface area contributed by atoms with Gasteiger partial charge in [0, 0.05) is 5.41 Å². The maximum atomic E-state index is 13.4. The van der Waals surface area contributed by atoms with E-state index in [9.17, 15) is 17.7 Å². The van der Waals surface area contributed by atoms with Crippen molar-refractivity contribution in [3.63, 3.8) is 0 Å². The van der Waals surface area contributed by atoms with Crippen molar-refractivity contribution in [3.8, 4) is 0 Å². The van der Waals surface area contributed by atoms with E-state index in [0.717, 1.165) is 6.42 Å². The van der Waals surface area contributed by atoms with Gasteiger partial charge in [-0.05, 0) is 48.1 Å². The minimum Gasteiger partial charge on any atom is -0.392 e. The second kappa shape index (κ2) is 5.78. The predicted octanol–water partition coefficient (Wildman–Crippen LogP) is 2.87. The molecule has 6 heteroatoms. The third-order valence-electron chi connectivity index (χ3n) is 6.38. The fourth-order valence-corrected chi connectivity index (χ4v) is 9.63. The third-order valence-corrected chi connectivity index (χ3v) is 10.8.